The van der Waals surface area contributed by atoms with E-state index in [2.05, 4.69) is 16.9 Å². The van der Waals surface area contributed by atoms with Crippen LogP contribution in [0.25, 0.3) is 0 Å². The minimum absolute atomic E-state index is 0.110. The number of amides is 1. The summed E-state index contributed by atoms with van der Waals surface area (Å²) in [5.41, 5.74) is 2.62. The van der Waals surface area contributed by atoms with Crippen molar-refractivity contribution in [2.24, 2.45) is 7.05 Å². The van der Waals surface area contributed by atoms with Crippen molar-refractivity contribution in [2.75, 3.05) is 31.1 Å². The molecule has 0 saturated carbocycles. The van der Waals surface area contributed by atoms with Gasteiger partial charge in [-0.3, -0.25) is 14.4 Å². The number of carbonyl (C=O) groups excluding carboxylic acids is 1. The van der Waals surface area contributed by atoms with Crippen molar-refractivity contribution in [1.82, 2.24) is 14.7 Å². The molecule has 2 aliphatic rings. The largest absolute Gasteiger partial charge is 0.362 e. The van der Waals surface area contributed by atoms with Crippen LogP contribution in [-0.2, 0) is 23.1 Å². The first-order chi connectivity index (χ1) is 13.1. The maximum absolute atomic E-state index is 13.5. The van der Waals surface area contributed by atoms with E-state index in [-0.39, 0.29) is 5.91 Å². The SMILES string of the molecule is Cc1c(CN2CCOC3(CCCCN(c4ccccc4)C3=O)C2)cnn1C. The Bertz CT molecular complexity index is 804. The predicted molar refractivity (Wildman–Crippen MR) is 105 cm³/mol. The molecule has 2 saturated heterocycles. The molecule has 0 N–H and O–H groups in total. The van der Waals surface area contributed by atoms with Gasteiger partial charge in [0.05, 0.1) is 12.8 Å². The smallest absolute Gasteiger partial charge is 0.260 e. The van der Waals surface area contributed by atoms with Gasteiger partial charge in [0.1, 0.15) is 0 Å². The van der Waals surface area contributed by atoms with Crippen LogP contribution < -0.4 is 4.90 Å². The van der Waals surface area contributed by atoms with Crippen molar-refractivity contribution in [3.05, 3.63) is 47.8 Å². The van der Waals surface area contributed by atoms with Gasteiger partial charge in [-0.2, -0.15) is 5.10 Å². The fourth-order valence-corrected chi connectivity index (χ4v) is 4.20. The fraction of sp³-hybridized carbons (Fsp3) is 0.524. The number of ether oxygens (including phenoxy) is 1. The topological polar surface area (TPSA) is 50.6 Å². The molecule has 2 aromatic rings. The van der Waals surface area contributed by atoms with E-state index >= 15 is 0 Å². The summed E-state index contributed by atoms with van der Waals surface area (Å²) in [7, 11) is 1.96. The minimum atomic E-state index is -0.735. The third-order valence-electron chi connectivity index (χ3n) is 5.91. The molecule has 0 bridgehead atoms. The van der Waals surface area contributed by atoms with Crippen molar-refractivity contribution < 1.29 is 9.53 Å². The Kier molecular flexibility index (Phi) is 5.02. The minimum Gasteiger partial charge on any atom is -0.362 e. The summed E-state index contributed by atoms with van der Waals surface area (Å²) >= 11 is 0. The van der Waals surface area contributed by atoms with Crippen molar-refractivity contribution in [1.29, 1.82) is 0 Å². The number of aryl methyl sites for hydroxylation is 1. The van der Waals surface area contributed by atoms with Crippen LogP contribution in [0.1, 0.15) is 30.5 Å². The zero-order valence-corrected chi connectivity index (χ0v) is 16.2. The van der Waals surface area contributed by atoms with Crippen molar-refractivity contribution >= 4 is 11.6 Å². The summed E-state index contributed by atoms with van der Waals surface area (Å²) in [6, 6.07) is 9.97. The van der Waals surface area contributed by atoms with Gasteiger partial charge in [0, 0.05) is 50.2 Å². The van der Waals surface area contributed by atoms with Crippen LogP contribution >= 0.6 is 0 Å². The third kappa shape index (κ3) is 3.51. The van der Waals surface area contributed by atoms with Gasteiger partial charge in [0.25, 0.3) is 5.91 Å². The van der Waals surface area contributed by atoms with E-state index in [0.717, 1.165) is 44.6 Å². The molecular formula is C21H28N4O2. The molecule has 144 valence electrons. The Morgan fingerprint density at radius 3 is 2.74 bits per heavy atom. The van der Waals surface area contributed by atoms with Gasteiger partial charge in [-0.25, -0.2) is 0 Å². The normalized spacial score (nSPS) is 24.4. The van der Waals surface area contributed by atoms with E-state index in [1.165, 1.54) is 11.3 Å². The van der Waals surface area contributed by atoms with Crippen LogP contribution in [0.2, 0.25) is 0 Å². The van der Waals surface area contributed by atoms with Crippen LogP contribution in [0.3, 0.4) is 0 Å². The number of rotatable bonds is 3. The zero-order valence-electron chi connectivity index (χ0n) is 16.2. The van der Waals surface area contributed by atoms with Gasteiger partial charge in [-0.05, 0) is 38.3 Å². The van der Waals surface area contributed by atoms with Gasteiger partial charge in [-0.15, -0.1) is 0 Å². The predicted octanol–water partition coefficient (Wildman–Crippen LogP) is 2.52. The standard InChI is InChI=1S/C21H28N4O2/c1-17-18(14-22-23(17)2)15-24-12-13-27-21(16-24)10-6-7-11-25(20(21)26)19-8-4-3-5-9-19/h3-5,8-9,14H,6-7,10-13,15-16H2,1-2H3. The van der Waals surface area contributed by atoms with Crippen molar-refractivity contribution in [2.45, 2.75) is 38.3 Å². The summed E-state index contributed by atoms with van der Waals surface area (Å²) in [6.45, 7) is 5.73. The average Bonchev–Trinajstić information content (AvgIpc) is 2.91. The summed E-state index contributed by atoms with van der Waals surface area (Å²) in [4.78, 5) is 17.8. The van der Waals surface area contributed by atoms with E-state index in [4.69, 9.17) is 4.74 Å². The van der Waals surface area contributed by atoms with Gasteiger partial charge in [0.15, 0.2) is 5.60 Å². The zero-order chi connectivity index (χ0) is 18.9. The number of morpholine rings is 1. The molecule has 4 rings (SSSR count). The molecule has 0 radical (unpaired) electrons. The van der Waals surface area contributed by atoms with Crippen LogP contribution in [0.15, 0.2) is 36.5 Å². The van der Waals surface area contributed by atoms with E-state index in [9.17, 15) is 4.79 Å². The second-order valence-corrected chi connectivity index (χ2v) is 7.68. The highest BCUT2D eigenvalue weighted by atomic mass is 16.5. The van der Waals surface area contributed by atoms with Crippen LogP contribution in [0, 0.1) is 6.92 Å². The lowest BCUT2D eigenvalue weighted by molar-refractivity contribution is -0.158. The maximum Gasteiger partial charge on any atom is 0.260 e. The number of nitrogens with zero attached hydrogens (tertiary/aromatic N) is 4. The maximum atomic E-state index is 13.5. The van der Waals surface area contributed by atoms with Crippen molar-refractivity contribution in [3.8, 4) is 0 Å². The van der Waals surface area contributed by atoms with Gasteiger partial charge in [-0.1, -0.05) is 18.2 Å². The summed E-state index contributed by atoms with van der Waals surface area (Å²) in [6.07, 6.45) is 4.74. The molecule has 27 heavy (non-hydrogen) atoms. The molecule has 6 nitrogen and oxygen atoms in total. The number of hydrogen-bond acceptors (Lipinski definition) is 4. The molecule has 6 heteroatoms. The quantitative estimate of drug-likeness (QED) is 0.835. The molecule has 1 aromatic heterocycles. The first-order valence-electron chi connectivity index (χ1n) is 9.80. The van der Waals surface area contributed by atoms with E-state index in [1.807, 2.05) is 53.2 Å². The lowest BCUT2D eigenvalue weighted by Crippen LogP contribution is -2.59. The molecule has 1 amide bonds. The van der Waals surface area contributed by atoms with Crippen LogP contribution in [0.5, 0.6) is 0 Å². The molecule has 1 unspecified atom stereocenters. The number of hydrogen-bond donors (Lipinski definition) is 0. The number of aromatic nitrogens is 2. The highest BCUT2D eigenvalue weighted by Crippen LogP contribution is 2.32. The molecule has 1 aromatic carbocycles. The Hall–Kier alpha value is -2.18. The molecular weight excluding hydrogens is 340 g/mol. The average molecular weight is 368 g/mol. The van der Waals surface area contributed by atoms with E-state index in [1.54, 1.807) is 0 Å². The molecule has 2 aliphatic heterocycles. The highest BCUT2D eigenvalue weighted by Gasteiger charge is 2.47. The van der Waals surface area contributed by atoms with Gasteiger partial charge < -0.3 is 9.64 Å². The Morgan fingerprint density at radius 2 is 2.00 bits per heavy atom. The summed E-state index contributed by atoms with van der Waals surface area (Å²) in [5, 5.41) is 4.35. The molecule has 3 heterocycles. The number of anilines is 1. The Balaban J connectivity index is 1.56. The monoisotopic (exact) mass is 368 g/mol. The van der Waals surface area contributed by atoms with Gasteiger partial charge >= 0.3 is 0 Å². The third-order valence-corrected chi connectivity index (χ3v) is 5.91. The first kappa shape index (κ1) is 18.2. The second kappa shape index (κ2) is 7.44. The van der Waals surface area contributed by atoms with Crippen LogP contribution in [-0.4, -0.2) is 52.4 Å². The van der Waals surface area contributed by atoms with Gasteiger partial charge in [0.2, 0.25) is 0 Å². The molecule has 2 fully saturated rings. The molecule has 1 atom stereocenters. The summed E-state index contributed by atoms with van der Waals surface area (Å²) < 4.78 is 8.10. The fourth-order valence-electron chi connectivity index (χ4n) is 4.20. The molecule has 1 spiro atoms. The van der Waals surface area contributed by atoms with Crippen LogP contribution in [0.4, 0.5) is 5.69 Å². The second-order valence-electron chi connectivity index (χ2n) is 7.68. The highest BCUT2D eigenvalue weighted by molar-refractivity contribution is 6.00. The lowest BCUT2D eigenvalue weighted by Gasteiger charge is -2.42. The lowest BCUT2D eigenvalue weighted by atomic mass is 9.93. The number of para-hydroxylation sites is 1. The Labute approximate surface area is 160 Å². The first-order valence-corrected chi connectivity index (χ1v) is 9.80. The van der Waals surface area contributed by atoms with E-state index in [0.29, 0.717) is 13.2 Å². The summed E-state index contributed by atoms with van der Waals surface area (Å²) in [5.74, 6) is 0.110. The van der Waals surface area contributed by atoms with E-state index < -0.39 is 5.60 Å². The number of carbonyl (C=O) groups is 1. The number of benzene rings is 1. The van der Waals surface area contributed by atoms with Crippen molar-refractivity contribution in [3.63, 3.8) is 0 Å². The Morgan fingerprint density at radius 1 is 1.19 bits per heavy atom. The molecule has 0 aliphatic carbocycles.